The molecule has 3 heteroatoms. The zero-order valence-corrected chi connectivity index (χ0v) is 15.3. The zero-order chi connectivity index (χ0) is 17.3. The molecule has 4 rings (SSSR count). The van der Waals surface area contributed by atoms with Gasteiger partial charge in [0.2, 0.25) is 0 Å². The second-order valence-corrected chi connectivity index (χ2v) is 9.69. The molecule has 0 radical (unpaired) electrons. The van der Waals surface area contributed by atoms with Crippen molar-refractivity contribution in [3.63, 3.8) is 0 Å². The average Bonchev–Trinajstić information content (AvgIpc) is 2.77. The topological polar surface area (TPSA) is 57.5 Å². The van der Waals surface area contributed by atoms with Gasteiger partial charge in [0.15, 0.2) is 5.78 Å². The van der Waals surface area contributed by atoms with E-state index in [-0.39, 0.29) is 23.2 Å². The molecule has 0 spiro atoms. The standard InChI is InChI=1S/C21H32O3/c1-13-10-14-11-15(23)4-9-21(14,12-22)17-5-7-19(2)16(18(13)17)6-8-20(19,3)24/h11,13,16-18,22,24H,4-10,12H2,1-3H3/t13?,16-,17-,18-,19-,20-,21+/m0/s1. The molecule has 4 aliphatic rings. The Labute approximate surface area is 145 Å². The van der Waals surface area contributed by atoms with Gasteiger partial charge in [-0.15, -0.1) is 0 Å². The predicted molar refractivity (Wildman–Crippen MR) is 93.3 cm³/mol. The fraction of sp³-hybridized carbons (Fsp3) is 0.857. The highest BCUT2D eigenvalue weighted by molar-refractivity contribution is 5.91. The second kappa shape index (κ2) is 5.17. The van der Waals surface area contributed by atoms with Gasteiger partial charge >= 0.3 is 0 Å². The number of fused-ring (bicyclic) bond motifs is 5. The maximum Gasteiger partial charge on any atom is 0.155 e. The Morgan fingerprint density at radius 3 is 2.58 bits per heavy atom. The Balaban J connectivity index is 1.77. The highest BCUT2D eigenvalue weighted by Crippen LogP contribution is 2.68. The molecule has 0 aromatic heterocycles. The van der Waals surface area contributed by atoms with Crippen LogP contribution in [-0.2, 0) is 4.79 Å². The van der Waals surface area contributed by atoms with Crippen LogP contribution in [0.4, 0.5) is 0 Å². The van der Waals surface area contributed by atoms with Crippen molar-refractivity contribution >= 4 is 5.78 Å². The quantitative estimate of drug-likeness (QED) is 0.773. The van der Waals surface area contributed by atoms with E-state index in [1.54, 1.807) is 0 Å². The summed E-state index contributed by atoms with van der Waals surface area (Å²) in [6, 6.07) is 0. The minimum Gasteiger partial charge on any atom is -0.395 e. The van der Waals surface area contributed by atoms with Gasteiger partial charge in [-0.25, -0.2) is 0 Å². The third-order valence-electron chi connectivity index (χ3n) is 8.88. The molecule has 3 saturated carbocycles. The number of carbonyl (C=O) groups is 1. The van der Waals surface area contributed by atoms with Gasteiger partial charge in [0.25, 0.3) is 0 Å². The van der Waals surface area contributed by atoms with Crippen LogP contribution in [0.5, 0.6) is 0 Å². The summed E-state index contributed by atoms with van der Waals surface area (Å²) in [5.41, 5.74) is 0.502. The fourth-order valence-electron chi connectivity index (χ4n) is 7.26. The van der Waals surface area contributed by atoms with Gasteiger partial charge in [-0.05, 0) is 80.6 Å². The summed E-state index contributed by atoms with van der Waals surface area (Å²) >= 11 is 0. The van der Waals surface area contributed by atoms with Crippen molar-refractivity contribution in [3.05, 3.63) is 11.6 Å². The second-order valence-electron chi connectivity index (χ2n) is 9.69. The van der Waals surface area contributed by atoms with Gasteiger partial charge < -0.3 is 10.2 Å². The third kappa shape index (κ3) is 1.94. The van der Waals surface area contributed by atoms with Crippen molar-refractivity contribution in [2.45, 2.75) is 71.3 Å². The predicted octanol–water partition coefficient (Wildman–Crippen LogP) is 3.49. The van der Waals surface area contributed by atoms with Crippen LogP contribution in [0, 0.1) is 34.5 Å². The van der Waals surface area contributed by atoms with E-state index in [2.05, 4.69) is 13.8 Å². The van der Waals surface area contributed by atoms with Crippen LogP contribution < -0.4 is 0 Å². The lowest BCUT2D eigenvalue weighted by molar-refractivity contribution is -0.140. The monoisotopic (exact) mass is 332 g/mol. The van der Waals surface area contributed by atoms with Crippen molar-refractivity contribution in [3.8, 4) is 0 Å². The Kier molecular flexibility index (Phi) is 3.61. The first-order valence-electron chi connectivity index (χ1n) is 9.82. The van der Waals surface area contributed by atoms with Crippen LogP contribution in [0.2, 0.25) is 0 Å². The van der Waals surface area contributed by atoms with E-state index in [1.165, 1.54) is 5.57 Å². The maximum atomic E-state index is 12.0. The summed E-state index contributed by atoms with van der Waals surface area (Å²) in [7, 11) is 0. The molecule has 3 fully saturated rings. The van der Waals surface area contributed by atoms with Gasteiger partial charge in [0.1, 0.15) is 0 Å². The van der Waals surface area contributed by atoms with Gasteiger partial charge in [0.05, 0.1) is 12.2 Å². The molecule has 1 unspecified atom stereocenters. The molecule has 24 heavy (non-hydrogen) atoms. The normalized spacial score (nSPS) is 53.9. The summed E-state index contributed by atoms with van der Waals surface area (Å²) in [5.74, 6) is 2.35. The van der Waals surface area contributed by atoms with E-state index >= 15 is 0 Å². The minimum absolute atomic E-state index is 0.00474. The maximum absolute atomic E-state index is 12.0. The molecule has 0 aromatic rings. The number of hydrogen-bond donors (Lipinski definition) is 2. The van der Waals surface area contributed by atoms with Crippen LogP contribution in [0.25, 0.3) is 0 Å². The summed E-state index contributed by atoms with van der Waals surface area (Å²) < 4.78 is 0. The SMILES string of the molecule is CC1CC2=CC(=O)CC[C@]2(CO)[C@H]2CC[C@@]3(C)[C@@H](CC[C@]3(C)O)[C@H]12. The number of carbonyl (C=O) groups excluding carboxylic acids is 1. The van der Waals surface area contributed by atoms with Gasteiger partial charge in [-0.1, -0.05) is 19.4 Å². The molecular weight excluding hydrogens is 300 g/mol. The summed E-state index contributed by atoms with van der Waals surface area (Å²) in [6.07, 6.45) is 8.34. The van der Waals surface area contributed by atoms with Gasteiger partial charge in [0, 0.05) is 11.8 Å². The van der Waals surface area contributed by atoms with Gasteiger partial charge in [-0.3, -0.25) is 4.79 Å². The lowest BCUT2D eigenvalue weighted by Crippen LogP contribution is -2.57. The Hall–Kier alpha value is -0.670. The lowest BCUT2D eigenvalue weighted by atomic mass is 9.44. The molecule has 0 aliphatic heterocycles. The number of ketones is 1. The summed E-state index contributed by atoms with van der Waals surface area (Å²) in [5, 5.41) is 21.4. The molecule has 134 valence electrons. The highest BCUT2D eigenvalue weighted by Gasteiger charge is 2.64. The molecule has 0 aromatic carbocycles. The van der Waals surface area contributed by atoms with Crippen molar-refractivity contribution in [1.29, 1.82) is 0 Å². The van der Waals surface area contributed by atoms with Crippen LogP contribution in [0.1, 0.15) is 65.7 Å². The van der Waals surface area contributed by atoms with E-state index in [9.17, 15) is 15.0 Å². The van der Waals surface area contributed by atoms with Crippen LogP contribution in [0.3, 0.4) is 0 Å². The summed E-state index contributed by atoms with van der Waals surface area (Å²) in [6.45, 7) is 6.85. The van der Waals surface area contributed by atoms with E-state index in [0.29, 0.717) is 30.1 Å². The number of aliphatic hydroxyl groups excluding tert-OH is 1. The van der Waals surface area contributed by atoms with Crippen LogP contribution in [0.15, 0.2) is 11.6 Å². The first-order valence-corrected chi connectivity index (χ1v) is 9.82. The van der Waals surface area contributed by atoms with E-state index < -0.39 is 5.60 Å². The number of rotatable bonds is 1. The average molecular weight is 332 g/mol. The number of hydrogen-bond acceptors (Lipinski definition) is 3. The van der Waals surface area contributed by atoms with Crippen molar-refractivity contribution in [1.82, 2.24) is 0 Å². The number of aliphatic hydroxyl groups is 2. The highest BCUT2D eigenvalue weighted by atomic mass is 16.3. The van der Waals surface area contributed by atoms with E-state index in [4.69, 9.17) is 0 Å². The first kappa shape index (κ1) is 16.8. The molecule has 0 heterocycles. The minimum atomic E-state index is -0.562. The molecule has 3 nitrogen and oxygen atoms in total. The molecule has 0 amide bonds. The van der Waals surface area contributed by atoms with Crippen LogP contribution in [-0.4, -0.2) is 28.2 Å². The molecular formula is C21H32O3. The lowest BCUT2D eigenvalue weighted by Gasteiger charge is -2.61. The first-order chi connectivity index (χ1) is 11.2. The van der Waals surface area contributed by atoms with Crippen LogP contribution >= 0.6 is 0 Å². The van der Waals surface area contributed by atoms with Crippen molar-refractivity contribution in [2.75, 3.05) is 6.61 Å². The molecule has 4 aliphatic carbocycles. The fourth-order valence-corrected chi connectivity index (χ4v) is 7.26. The van der Waals surface area contributed by atoms with Crippen molar-refractivity contribution < 1.29 is 15.0 Å². The molecule has 0 saturated heterocycles. The third-order valence-corrected chi connectivity index (χ3v) is 8.88. The van der Waals surface area contributed by atoms with Gasteiger partial charge in [-0.2, -0.15) is 0 Å². The van der Waals surface area contributed by atoms with E-state index in [1.807, 2.05) is 13.0 Å². The van der Waals surface area contributed by atoms with Crippen molar-refractivity contribution in [2.24, 2.45) is 34.5 Å². The Morgan fingerprint density at radius 1 is 1.17 bits per heavy atom. The largest absolute Gasteiger partial charge is 0.395 e. The summed E-state index contributed by atoms with van der Waals surface area (Å²) in [4.78, 5) is 12.0. The molecule has 0 bridgehead atoms. The smallest absolute Gasteiger partial charge is 0.155 e. The van der Waals surface area contributed by atoms with E-state index in [0.717, 1.165) is 38.5 Å². The molecule has 2 N–H and O–H groups in total. The Bertz CT molecular complexity index is 592. The molecule has 7 atom stereocenters. The Morgan fingerprint density at radius 2 is 1.88 bits per heavy atom. The zero-order valence-electron chi connectivity index (χ0n) is 15.3.